The fraction of sp³-hybridized carbons (Fsp3) is 0.333. The minimum Gasteiger partial charge on any atom is -0.463 e. The van der Waals surface area contributed by atoms with Crippen molar-refractivity contribution in [2.45, 2.75) is 25.8 Å². The molecule has 2 rings (SSSR count). The number of rotatable bonds is 2. The molecule has 2 aromatic rings. The van der Waals surface area contributed by atoms with Crippen LogP contribution in [0.5, 0.6) is 0 Å². The summed E-state index contributed by atoms with van der Waals surface area (Å²) in [5.41, 5.74) is 7.89. The summed E-state index contributed by atoms with van der Waals surface area (Å²) in [6, 6.07) is 6.13. The first-order valence-corrected chi connectivity index (χ1v) is 5.70. The predicted molar refractivity (Wildman–Crippen MR) is 65.9 cm³/mol. The molecule has 1 aromatic heterocycles. The molecule has 0 amide bonds. The summed E-state index contributed by atoms with van der Waals surface area (Å²) in [7, 11) is 0. The van der Waals surface area contributed by atoms with Gasteiger partial charge in [-0.2, -0.15) is 0 Å². The molecule has 0 saturated heterocycles. The summed E-state index contributed by atoms with van der Waals surface area (Å²) in [5.74, 6) is 0. The normalized spacial score (nSPS) is 12.3. The van der Waals surface area contributed by atoms with E-state index in [0.717, 1.165) is 27.4 Å². The molecule has 0 atom stereocenters. The summed E-state index contributed by atoms with van der Waals surface area (Å²) >= 11 is 3.46. The maximum atomic E-state index is 6.01. The Morgan fingerprint density at radius 1 is 1.40 bits per heavy atom. The van der Waals surface area contributed by atoms with Gasteiger partial charge in [0.05, 0.1) is 4.47 Å². The minimum absolute atomic E-state index is 0.215. The summed E-state index contributed by atoms with van der Waals surface area (Å²) < 4.78 is 6.52. The van der Waals surface area contributed by atoms with Crippen LogP contribution in [0.25, 0.3) is 11.0 Å². The van der Waals surface area contributed by atoms with Crippen LogP contribution < -0.4 is 5.73 Å². The molecule has 0 fully saturated rings. The van der Waals surface area contributed by atoms with Gasteiger partial charge in [0.15, 0.2) is 0 Å². The first kappa shape index (κ1) is 10.7. The third kappa shape index (κ3) is 2.24. The highest BCUT2D eigenvalue weighted by Crippen LogP contribution is 2.29. The lowest BCUT2D eigenvalue weighted by atomic mass is 9.95. The summed E-state index contributed by atoms with van der Waals surface area (Å²) in [4.78, 5) is 0. The fourth-order valence-corrected chi connectivity index (χ4v) is 2.12. The maximum absolute atomic E-state index is 6.01. The largest absolute Gasteiger partial charge is 0.463 e. The van der Waals surface area contributed by atoms with Crippen molar-refractivity contribution in [3.8, 4) is 0 Å². The fourth-order valence-electron chi connectivity index (χ4n) is 1.72. The van der Waals surface area contributed by atoms with Gasteiger partial charge in [-0.3, -0.25) is 0 Å². The van der Waals surface area contributed by atoms with Crippen molar-refractivity contribution < 1.29 is 4.42 Å². The monoisotopic (exact) mass is 267 g/mol. The van der Waals surface area contributed by atoms with Gasteiger partial charge in [-0.25, -0.2) is 0 Å². The molecule has 0 unspecified atom stereocenters. The van der Waals surface area contributed by atoms with Gasteiger partial charge >= 0.3 is 0 Å². The minimum atomic E-state index is -0.215. The molecule has 0 spiro atoms. The van der Waals surface area contributed by atoms with E-state index in [1.54, 1.807) is 6.26 Å². The van der Waals surface area contributed by atoms with E-state index < -0.39 is 0 Å². The van der Waals surface area contributed by atoms with Crippen LogP contribution in [0.4, 0.5) is 0 Å². The van der Waals surface area contributed by atoms with Gasteiger partial charge in [0.2, 0.25) is 0 Å². The molecule has 0 aliphatic rings. The Bertz CT molecular complexity index is 482. The number of benzene rings is 1. The number of halogens is 1. The SMILES string of the molecule is CC(C)(N)Cc1cccc2c(Br)coc12. The number of fused-ring (bicyclic) bond motifs is 1. The molecule has 0 aliphatic carbocycles. The van der Waals surface area contributed by atoms with Gasteiger partial charge in [-0.15, -0.1) is 0 Å². The molecule has 0 bridgehead atoms. The average Bonchev–Trinajstić information content (AvgIpc) is 2.47. The van der Waals surface area contributed by atoms with Crippen molar-refractivity contribution in [3.05, 3.63) is 34.5 Å². The number of hydrogen-bond acceptors (Lipinski definition) is 2. The lowest BCUT2D eigenvalue weighted by Crippen LogP contribution is -2.34. The summed E-state index contributed by atoms with van der Waals surface area (Å²) in [6.07, 6.45) is 2.53. The molecule has 2 nitrogen and oxygen atoms in total. The second-order valence-corrected chi connectivity index (χ2v) is 5.40. The highest BCUT2D eigenvalue weighted by atomic mass is 79.9. The van der Waals surface area contributed by atoms with E-state index in [4.69, 9.17) is 10.2 Å². The van der Waals surface area contributed by atoms with Gasteiger partial charge in [0, 0.05) is 10.9 Å². The third-order valence-electron chi connectivity index (χ3n) is 2.28. The summed E-state index contributed by atoms with van der Waals surface area (Å²) in [5, 5.41) is 1.11. The van der Waals surface area contributed by atoms with Crippen molar-refractivity contribution in [2.75, 3.05) is 0 Å². The van der Waals surface area contributed by atoms with E-state index in [0.29, 0.717) is 0 Å². The van der Waals surface area contributed by atoms with Crippen molar-refractivity contribution in [2.24, 2.45) is 5.73 Å². The Kier molecular flexibility index (Phi) is 2.61. The van der Waals surface area contributed by atoms with Crippen LogP contribution in [0.2, 0.25) is 0 Å². The topological polar surface area (TPSA) is 39.2 Å². The lowest BCUT2D eigenvalue weighted by Gasteiger charge is -2.18. The standard InChI is InChI=1S/C12H14BrNO/c1-12(2,14)6-8-4-3-5-9-10(13)7-15-11(8)9/h3-5,7H,6,14H2,1-2H3. The van der Waals surface area contributed by atoms with Gasteiger partial charge in [-0.1, -0.05) is 12.1 Å². The zero-order valence-electron chi connectivity index (χ0n) is 8.88. The molecule has 0 radical (unpaired) electrons. The van der Waals surface area contributed by atoms with E-state index in [9.17, 15) is 0 Å². The average molecular weight is 268 g/mol. The van der Waals surface area contributed by atoms with Crippen molar-refractivity contribution in [3.63, 3.8) is 0 Å². The Balaban J connectivity index is 2.52. The maximum Gasteiger partial charge on any atom is 0.138 e. The first-order valence-electron chi connectivity index (χ1n) is 4.91. The van der Waals surface area contributed by atoms with E-state index in [1.165, 1.54) is 0 Å². The molecule has 80 valence electrons. The smallest absolute Gasteiger partial charge is 0.138 e. The molecule has 3 heteroatoms. The molecule has 1 heterocycles. The van der Waals surface area contributed by atoms with E-state index in [1.807, 2.05) is 26.0 Å². The third-order valence-corrected chi connectivity index (χ3v) is 2.89. The second-order valence-electron chi connectivity index (χ2n) is 4.54. The van der Waals surface area contributed by atoms with E-state index in [-0.39, 0.29) is 5.54 Å². The Morgan fingerprint density at radius 2 is 2.13 bits per heavy atom. The second kappa shape index (κ2) is 3.65. The lowest BCUT2D eigenvalue weighted by molar-refractivity contribution is 0.511. The van der Waals surface area contributed by atoms with Crippen LogP contribution in [-0.2, 0) is 6.42 Å². The van der Waals surface area contributed by atoms with E-state index in [2.05, 4.69) is 22.0 Å². The number of furan rings is 1. The Labute approximate surface area is 97.6 Å². The zero-order valence-corrected chi connectivity index (χ0v) is 10.5. The Hall–Kier alpha value is -0.800. The van der Waals surface area contributed by atoms with Gasteiger partial charge < -0.3 is 10.2 Å². The summed E-state index contributed by atoms with van der Waals surface area (Å²) in [6.45, 7) is 4.04. The molecular formula is C12H14BrNO. The van der Waals surface area contributed by atoms with E-state index >= 15 is 0 Å². The number of hydrogen-bond donors (Lipinski definition) is 1. The molecular weight excluding hydrogens is 254 g/mol. The van der Waals surface area contributed by atoms with Crippen LogP contribution in [0.1, 0.15) is 19.4 Å². The molecule has 2 N–H and O–H groups in total. The van der Waals surface area contributed by atoms with Crippen molar-refractivity contribution >= 4 is 26.9 Å². The van der Waals surface area contributed by atoms with Crippen LogP contribution in [0.3, 0.4) is 0 Å². The number of para-hydroxylation sites is 1. The molecule has 0 aliphatic heterocycles. The van der Waals surface area contributed by atoms with Crippen LogP contribution in [0, 0.1) is 0 Å². The van der Waals surface area contributed by atoms with Gasteiger partial charge in [0.25, 0.3) is 0 Å². The molecule has 1 aromatic carbocycles. The van der Waals surface area contributed by atoms with Gasteiger partial charge in [0.1, 0.15) is 11.8 Å². The highest BCUT2D eigenvalue weighted by Gasteiger charge is 2.15. The van der Waals surface area contributed by atoms with Crippen molar-refractivity contribution in [1.29, 1.82) is 0 Å². The van der Waals surface area contributed by atoms with Crippen molar-refractivity contribution in [1.82, 2.24) is 0 Å². The van der Waals surface area contributed by atoms with Gasteiger partial charge in [-0.05, 0) is 47.8 Å². The van der Waals surface area contributed by atoms with Crippen LogP contribution in [-0.4, -0.2) is 5.54 Å². The quantitative estimate of drug-likeness (QED) is 0.905. The van der Waals surface area contributed by atoms with Crippen LogP contribution in [0.15, 0.2) is 33.4 Å². The van der Waals surface area contributed by atoms with Crippen LogP contribution >= 0.6 is 15.9 Å². The molecule has 15 heavy (non-hydrogen) atoms. The Morgan fingerprint density at radius 3 is 2.80 bits per heavy atom. The predicted octanol–water partition coefficient (Wildman–Crippen LogP) is 3.48. The zero-order chi connectivity index (χ0) is 11.1. The first-order chi connectivity index (χ1) is 6.97. The highest BCUT2D eigenvalue weighted by molar-refractivity contribution is 9.10. The number of nitrogens with two attached hydrogens (primary N) is 1. The molecule has 0 saturated carbocycles.